The minimum absolute atomic E-state index is 0.0780. The first-order valence-corrected chi connectivity index (χ1v) is 15.6. The molecule has 0 bridgehead atoms. The van der Waals surface area contributed by atoms with Gasteiger partial charge in [-0.15, -0.1) is 0 Å². The number of nitrogens with one attached hydrogen (secondary N) is 1. The van der Waals surface area contributed by atoms with E-state index in [1.54, 1.807) is 0 Å². The number of unbranched alkanes of at least 4 members (excludes halogenated alkanes) is 2. The number of Topliss-reactive ketones (excluding diaryl/α,β-unsaturated/α-hetero) is 1. The highest BCUT2D eigenvalue weighted by Crippen LogP contribution is 2.14. The Labute approximate surface area is 257 Å². The largest absolute Gasteiger partial charge is 0.480 e. The number of rotatable bonds is 15. The van der Waals surface area contributed by atoms with Crippen molar-refractivity contribution in [3.8, 4) is 0 Å². The molecule has 0 aromatic heterocycles. The van der Waals surface area contributed by atoms with E-state index in [0.29, 0.717) is 51.1 Å². The van der Waals surface area contributed by atoms with Crippen LogP contribution < -0.4 is 5.32 Å². The highest BCUT2D eigenvalue weighted by atomic mass is 32.1. The van der Waals surface area contributed by atoms with Crippen LogP contribution in [0, 0.1) is 0 Å². The van der Waals surface area contributed by atoms with Gasteiger partial charge >= 0.3 is 11.9 Å². The average Bonchev–Trinajstić information content (AvgIpc) is 2.94. The van der Waals surface area contributed by atoms with Crippen LogP contribution in [0.2, 0.25) is 0 Å². The molecule has 3 N–H and O–H groups in total. The molecule has 0 saturated carbocycles. The lowest BCUT2D eigenvalue weighted by atomic mass is 10.0. The van der Waals surface area contributed by atoms with Gasteiger partial charge in [0.25, 0.3) is 0 Å². The van der Waals surface area contributed by atoms with E-state index in [4.69, 9.17) is 12.2 Å². The molecule has 0 aliphatic carbocycles. The minimum Gasteiger partial charge on any atom is -0.480 e. The molecule has 1 saturated heterocycles. The fraction of sp³-hybridized carbons (Fsp3) is 0.677. The second-order valence-electron chi connectivity index (χ2n) is 11.5. The van der Waals surface area contributed by atoms with Gasteiger partial charge in [-0.1, -0.05) is 49.8 Å². The maximum absolute atomic E-state index is 11.8. The van der Waals surface area contributed by atoms with E-state index >= 15 is 0 Å². The number of carboxylic acids is 2. The number of ketones is 1. The second-order valence-corrected chi connectivity index (χ2v) is 12.0. The summed E-state index contributed by atoms with van der Waals surface area (Å²) in [5.41, 5.74) is 2.18. The number of hydrogen-bond acceptors (Lipinski definition) is 8. The van der Waals surface area contributed by atoms with E-state index in [9.17, 15) is 24.6 Å². The predicted octanol–water partition coefficient (Wildman–Crippen LogP) is 2.25. The van der Waals surface area contributed by atoms with E-state index in [0.717, 1.165) is 68.1 Å². The molecule has 0 spiro atoms. The molecular weight excluding hydrogens is 554 g/mol. The molecule has 10 nitrogen and oxygen atoms in total. The van der Waals surface area contributed by atoms with E-state index in [1.165, 1.54) is 0 Å². The van der Waals surface area contributed by atoms with E-state index in [2.05, 4.69) is 46.4 Å². The first-order valence-electron chi connectivity index (χ1n) is 15.2. The summed E-state index contributed by atoms with van der Waals surface area (Å²) in [5, 5.41) is 22.6. The second kappa shape index (κ2) is 19.7. The van der Waals surface area contributed by atoms with Crippen molar-refractivity contribution in [2.24, 2.45) is 0 Å². The summed E-state index contributed by atoms with van der Waals surface area (Å²) >= 11 is 5.54. The molecule has 1 atom stereocenters. The Morgan fingerprint density at radius 1 is 0.857 bits per heavy atom. The molecule has 0 amide bonds. The number of nitrogens with zero attached hydrogens (tertiary/aromatic N) is 4. The molecule has 0 radical (unpaired) electrons. The van der Waals surface area contributed by atoms with Crippen molar-refractivity contribution in [1.82, 2.24) is 24.9 Å². The third-order valence-electron chi connectivity index (χ3n) is 7.82. The quantitative estimate of drug-likeness (QED) is 0.202. The van der Waals surface area contributed by atoms with Crippen LogP contribution in [0.1, 0.15) is 50.2 Å². The van der Waals surface area contributed by atoms with Crippen LogP contribution in [-0.4, -0.2) is 138 Å². The van der Waals surface area contributed by atoms with Gasteiger partial charge in [0.05, 0.1) is 18.1 Å². The summed E-state index contributed by atoms with van der Waals surface area (Å²) in [6.45, 7) is 7.40. The minimum atomic E-state index is -0.884. The zero-order chi connectivity index (χ0) is 30.9. The van der Waals surface area contributed by atoms with Crippen molar-refractivity contribution in [1.29, 1.82) is 0 Å². The zero-order valence-electron chi connectivity index (χ0n) is 25.7. The summed E-state index contributed by atoms with van der Waals surface area (Å²) in [4.78, 5) is 44.1. The molecule has 1 aromatic rings. The number of likely N-dealkylation sites (N-methyl/N-ethyl adjacent to an activating group) is 2. The third kappa shape index (κ3) is 15.2. The number of carbonyl (C=O) groups excluding carboxylic acids is 1. The molecule has 1 aliphatic heterocycles. The van der Waals surface area contributed by atoms with Crippen molar-refractivity contribution in [2.45, 2.75) is 57.9 Å². The first-order chi connectivity index (χ1) is 20.0. The Hall–Kier alpha value is -2.44. The van der Waals surface area contributed by atoms with Crippen molar-refractivity contribution in [3.63, 3.8) is 0 Å². The monoisotopic (exact) mass is 605 g/mol. The normalized spacial score (nSPS) is 18.6. The van der Waals surface area contributed by atoms with Gasteiger partial charge in [-0.3, -0.25) is 24.2 Å². The van der Waals surface area contributed by atoms with Crippen molar-refractivity contribution in [3.05, 3.63) is 35.4 Å². The Morgan fingerprint density at radius 3 is 2.07 bits per heavy atom. The van der Waals surface area contributed by atoms with Gasteiger partial charge in [-0.25, -0.2) is 0 Å². The Bertz CT molecular complexity index is 992. The molecule has 0 unspecified atom stereocenters. The van der Waals surface area contributed by atoms with Gasteiger partial charge in [0, 0.05) is 77.7 Å². The SMILES string of the molecule is CCC(=O)CCCCCNC(=S)Cc1ccc(C[C@H]2CN(CC(=O)O)CCN(C)CCN(C)CCN2CC(=O)O)cc1. The van der Waals surface area contributed by atoms with Gasteiger partial charge in [-0.05, 0) is 44.5 Å². The summed E-state index contributed by atoms with van der Waals surface area (Å²) in [7, 11) is 4.10. The standard InChI is InChI=1S/C31H51N5O5S/c1-4-28(37)8-6-5-7-13-32-29(42)21-26-11-9-25(10-12-26)20-27-22-35(23-30(38)39)18-16-33(2)14-15-34(3)17-19-36(27)24-31(40)41/h9-12,27H,4-8,13-24H2,1-3H3,(H,32,42)(H,38,39)(H,40,41)/t27-/m0/s1. The fourth-order valence-corrected chi connectivity index (χ4v) is 5.38. The fourth-order valence-electron chi connectivity index (χ4n) is 5.12. The van der Waals surface area contributed by atoms with Crippen molar-refractivity contribution in [2.75, 3.05) is 79.5 Å². The summed E-state index contributed by atoms with van der Waals surface area (Å²) < 4.78 is 0. The van der Waals surface area contributed by atoms with Gasteiger partial charge in [-0.2, -0.15) is 0 Å². The number of aliphatic carboxylic acids is 2. The van der Waals surface area contributed by atoms with Gasteiger partial charge < -0.3 is 25.3 Å². The summed E-state index contributed by atoms with van der Waals surface area (Å²) in [5.74, 6) is -1.44. The average molecular weight is 606 g/mol. The summed E-state index contributed by atoms with van der Waals surface area (Å²) in [6.07, 6.45) is 5.45. The summed E-state index contributed by atoms with van der Waals surface area (Å²) in [6, 6.07) is 8.11. The number of benzene rings is 1. The lowest BCUT2D eigenvalue weighted by Gasteiger charge is -2.37. The van der Waals surface area contributed by atoms with Crippen LogP contribution in [-0.2, 0) is 27.2 Å². The van der Waals surface area contributed by atoms with Crippen molar-refractivity contribution >= 4 is 34.9 Å². The van der Waals surface area contributed by atoms with Gasteiger partial charge in [0.15, 0.2) is 0 Å². The first kappa shape index (κ1) is 35.8. The van der Waals surface area contributed by atoms with E-state index in [1.807, 2.05) is 23.8 Å². The van der Waals surface area contributed by atoms with E-state index < -0.39 is 11.9 Å². The zero-order valence-corrected chi connectivity index (χ0v) is 26.5. The van der Waals surface area contributed by atoms with Crippen LogP contribution >= 0.6 is 12.2 Å². The highest BCUT2D eigenvalue weighted by molar-refractivity contribution is 7.80. The smallest absolute Gasteiger partial charge is 0.317 e. The topological polar surface area (TPSA) is 117 Å². The van der Waals surface area contributed by atoms with Crippen LogP contribution in [0.5, 0.6) is 0 Å². The van der Waals surface area contributed by atoms with Crippen molar-refractivity contribution < 1.29 is 24.6 Å². The van der Waals surface area contributed by atoms with Gasteiger partial charge in [0.2, 0.25) is 0 Å². The highest BCUT2D eigenvalue weighted by Gasteiger charge is 2.26. The third-order valence-corrected chi connectivity index (χ3v) is 8.11. The molecule has 236 valence electrons. The lowest BCUT2D eigenvalue weighted by molar-refractivity contribution is -0.141. The molecule has 1 fully saturated rings. The number of thiocarbonyl (C=S) groups is 1. The molecule has 42 heavy (non-hydrogen) atoms. The molecule has 11 heteroatoms. The number of hydrogen-bond donors (Lipinski definition) is 3. The number of carboxylic acid groups (broad SMARTS) is 2. The lowest BCUT2D eigenvalue weighted by Crippen LogP contribution is -2.52. The molecule has 1 heterocycles. The number of carbonyl (C=O) groups is 3. The van der Waals surface area contributed by atoms with Crippen LogP contribution in [0.4, 0.5) is 0 Å². The molecule has 1 aliphatic rings. The molecule has 1 aromatic carbocycles. The molecular formula is C31H51N5O5S. The molecule has 2 rings (SSSR count). The Balaban J connectivity index is 2.04. The van der Waals surface area contributed by atoms with Crippen LogP contribution in [0.3, 0.4) is 0 Å². The Morgan fingerprint density at radius 2 is 1.45 bits per heavy atom. The van der Waals surface area contributed by atoms with E-state index in [-0.39, 0.29) is 19.1 Å². The maximum atomic E-state index is 11.8. The Kier molecular flexibility index (Phi) is 16.8. The van der Waals surface area contributed by atoms with Gasteiger partial charge in [0.1, 0.15) is 5.78 Å². The van der Waals surface area contributed by atoms with Crippen LogP contribution in [0.25, 0.3) is 0 Å². The predicted molar refractivity (Wildman–Crippen MR) is 170 cm³/mol. The van der Waals surface area contributed by atoms with Crippen LogP contribution in [0.15, 0.2) is 24.3 Å². The maximum Gasteiger partial charge on any atom is 0.317 e.